The van der Waals surface area contributed by atoms with Gasteiger partial charge in [-0.3, -0.25) is 9.88 Å². The quantitative estimate of drug-likeness (QED) is 0.663. The van der Waals surface area contributed by atoms with Crippen LogP contribution < -0.4 is 5.32 Å². The van der Waals surface area contributed by atoms with Crippen LogP contribution in [0.2, 0.25) is 0 Å². The normalized spacial score (nSPS) is 20.2. The largest absolute Gasteiger partial charge is 0.507 e. The maximum Gasteiger partial charge on any atom is 0.130 e. The molecule has 1 aromatic carbocycles. The zero-order valence-electron chi connectivity index (χ0n) is 13.2. The molecule has 1 aliphatic carbocycles. The Morgan fingerprint density at radius 3 is 2.68 bits per heavy atom. The fourth-order valence-corrected chi connectivity index (χ4v) is 4.73. The zero-order valence-corrected chi connectivity index (χ0v) is 16.4. The Kier molecular flexibility index (Phi) is 5.83. The predicted octanol–water partition coefficient (Wildman–Crippen LogP) is 4.04. The summed E-state index contributed by atoms with van der Waals surface area (Å²) in [7, 11) is 0. The topological polar surface area (TPSA) is 48.4 Å². The Bertz CT molecular complexity index is 776. The van der Waals surface area contributed by atoms with Crippen LogP contribution in [0.25, 0.3) is 0 Å². The molecule has 2 heterocycles. The molecule has 1 aromatic heterocycles. The number of aromatic nitrogens is 1. The van der Waals surface area contributed by atoms with Crippen LogP contribution in [-0.2, 0) is 12.8 Å². The van der Waals surface area contributed by atoms with E-state index < -0.39 is 0 Å². The summed E-state index contributed by atoms with van der Waals surface area (Å²) < 4.78 is 1.85. The van der Waals surface area contributed by atoms with E-state index >= 15 is 0 Å². The summed E-state index contributed by atoms with van der Waals surface area (Å²) in [6.45, 7) is 3.99. The second kappa shape index (κ2) is 7.74. The zero-order chi connectivity index (χ0) is 16.7. The summed E-state index contributed by atoms with van der Waals surface area (Å²) in [5.41, 5.74) is 4.90. The number of phenolic OH excluding ortho intramolecular Hbond substituents is 1. The SMILES string of the molecule is C.Oc1ccc2c(c1Br)CCc1cc(Br)cnc1C2N1CCNCC1. The van der Waals surface area contributed by atoms with Gasteiger partial charge in [-0.25, -0.2) is 0 Å². The van der Waals surface area contributed by atoms with Crippen molar-refractivity contribution < 1.29 is 5.11 Å². The van der Waals surface area contributed by atoms with Crippen molar-refractivity contribution in [3.63, 3.8) is 0 Å². The number of fused-ring (bicyclic) bond motifs is 2. The van der Waals surface area contributed by atoms with Crippen LogP contribution in [-0.4, -0.2) is 41.2 Å². The van der Waals surface area contributed by atoms with Gasteiger partial charge in [-0.1, -0.05) is 13.5 Å². The number of aromatic hydroxyl groups is 1. The molecule has 6 heteroatoms. The van der Waals surface area contributed by atoms with Crippen molar-refractivity contribution >= 4 is 31.9 Å². The summed E-state index contributed by atoms with van der Waals surface area (Å²) in [6, 6.07) is 6.20. The number of aryl methyl sites for hydroxylation is 1. The molecule has 4 rings (SSSR count). The van der Waals surface area contributed by atoms with E-state index in [9.17, 15) is 5.11 Å². The number of pyridine rings is 1. The molecule has 0 radical (unpaired) electrons. The van der Waals surface area contributed by atoms with Crippen molar-refractivity contribution in [2.75, 3.05) is 26.2 Å². The number of phenols is 1. The lowest BCUT2D eigenvalue weighted by Crippen LogP contribution is -2.45. The lowest BCUT2D eigenvalue weighted by molar-refractivity contribution is 0.195. The lowest BCUT2D eigenvalue weighted by Gasteiger charge is -2.36. The molecule has 1 aliphatic heterocycles. The molecule has 134 valence electrons. The third-order valence-electron chi connectivity index (χ3n) is 4.94. The van der Waals surface area contributed by atoms with E-state index in [1.165, 1.54) is 16.7 Å². The molecular weight excluding hydrogens is 446 g/mol. The van der Waals surface area contributed by atoms with Gasteiger partial charge in [0.25, 0.3) is 0 Å². The van der Waals surface area contributed by atoms with Crippen LogP contribution in [0.4, 0.5) is 0 Å². The fraction of sp³-hybridized carbons (Fsp3) is 0.421. The fourth-order valence-electron chi connectivity index (χ4n) is 3.79. The molecule has 0 amide bonds. The Morgan fingerprint density at radius 1 is 1.16 bits per heavy atom. The minimum absolute atomic E-state index is 0. The average molecular weight is 469 g/mol. The summed E-state index contributed by atoms with van der Waals surface area (Å²) in [5, 5.41) is 13.6. The van der Waals surface area contributed by atoms with E-state index in [1.807, 2.05) is 6.20 Å². The Labute approximate surface area is 165 Å². The van der Waals surface area contributed by atoms with Gasteiger partial charge in [0.05, 0.1) is 16.2 Å². The van der Waals surface area contributed by atoms with Gasteiger partial charge in [-0.05, 0) is 73.5 Å². The second-order valence-electron chi connectivity index (χ2n) is 6.35. The number of hydrogen-bond acceptors (Lipinski definition) is 4. The first-order valence-corrected chi connectivity index (χ1v) is 9.83. The van der Waals surface area contributed by atoms with Crippen LogP contribution in [0, 0.1) is 0 Å². The first-order valence-electron chi connectivity index (χ1n) is 8.24. The minimum Gasteiger partial charge on any atom is -0.507 e. The van der Waals surface area contributed by atoms with Crippen molar-refractivity contribution in [1.82, 2.24) is 15.2 Å². The Morgan fingerprint density at radius 2 is 1.92 bits per heavy atom. The van der Waals surface area contributed by atoms with Gasteiger partial charge in [-0.15, -0.1) is 0 Å². The van der Waals surface area contributed by atoms with Gasteiger partial charge < -0.3 is 10.4 Å². The van der Waals surface area contributed by atoms with Crippen LogP contribution in [0.1, 0.15) is 35.9 Å². The van der Waals surface area contributed by atoms with E-state index in [1.54, 1.807) is 6.07 Å². The first kappa shape index (κ1) is 18.8. The standard InChI is InChI=1S/C18H19Br2N3O.CH4/c19-12-9-11-1-2-13-14(3-4-15(24)16(13)20)18(17(11)22-10-12)23-7-5-21-6-8-23;/h3-4,9-10,18,21,24H,1-2,5-8H2;1H4. The van der Waals surface area contributed by atoms with Gasteiger partial charge in [0, 0.05) is 36.8 Å². The number of rotatable bonds is 1. The monoisotopic (exact) mass is 467 g/mol. The highest BCUT2D eigenvalue weighted by Crippen LogP contribution is 2.41. The maximum absolute atomic E-state index is 10.1. The molecule has 2 aromatic rings. The van der Waals surface area contributed by atoms with E-state index in [0.29, 0.717) is 5.75 Å². The van der Waals surface area contributed by atoms with E-state index in [2.05, 4.69) is 54.2 Å². The molecular formula is C19H23Br2N3O. The summed E-state index contributed by atoms with van der Waals surface area (Å²) in [6.07, 6.45) is 3.73. The van der Waals surface area contributed by atoms with Crippen molar-refractivity contribution in [2.24, 2.45) is 0 Å². The van der Waals surface area contributed by atoms with Gasteiger partial charge in [0.2, 0.25) is 0 Å². The third kappa shape index (κ3) is 3.50. The first-order chi connectivity index (χ1) is 11.6. The molecule has 4 nitrogen and oxygen atoms in total. The lowest BCUT2D eigenvalue weighted by atomic mass is 9.96. The molecule has 1 unspecified atom stereocenters. The predicted molar refractivity (Wildman–Crippen MR) is 108 cm³/mol. The molecule has 2 aliphatic rings. The number of benzene rings is 1. The number of piperazine rings is 1. The highest BCUT2D eigenvalue weighted by molar-refractivity contribution is 9.10. The van der Waals surface area contributed by atoms with Crippen LogP contribution >= 0.6 is 31.9 Å². The van der Waals surface area contributed by atoms with Crippen molar-refractivity contribution in [3.8, 4) is 5.75 Å². The highest BCUT2D eigenvalue weighted by Gasteiger charge is 2.32. The summed E-state index contributed by atoms with van der Waals surface area (Å²) >= 11 is 7.16. The van der Waals surface area contributed by atoms with Gasteiger partial charge >= 0.3 is 0 Å². The smallest absolute Gasteiger partial charge is 0.130 e. The molecule has 1 saturated heterocycles. The molecule has 1 fully saturated rings. The molecule has 0 bridgehead atoms. The number of halogens is 2. The van der Waals surface area contributed by atoms with Crippen LogP contribution in [0.3, 0.4) is 0 Å². The number of nitrogens with one attached hydrogen (secondary N) is 1. The molecule has 1 atom stereocenters. The Balaban J connectivity index is 0.00000182. The average Bonchev–Trinajstić information content (AvgIpc) is 2.76. The van der Waals surface area contributed by atoms with Crippen molar-refractivity contribution in [3.05, 3.63) is 55.7 Å². The van der Waals surface area contributed by atoms with E-state index in [4.69, 9.17) is 4.98 Å². The number of nitrogens with zero attached hydrogens (tertiary/aromatic N) is 2. The van der Waals surface area contributed by atoms with Gasteiger partial charge in [0.1, 0.15) is 5.75 Å². The van der Waals surface area contributed by atoms with Crippen LogP contribution in [0.15, 0.2) is 33.3 Å². The Hall–Kier alpha value is -0.950. The second-order valence-corrected chi connectivity index (χ2v) is 8.06. The minimum atomic E-state index is 0. The molecule has 25 heavy (non-hydrogen) atoms. The van der Waals surface area contributed by atoms with Crippen molar-refractivity contribution in [1.29, 1.82) is 0 Å². The maximum atomic E-state index is 10.1. The molecule has 2 N–H and O–H groups in total. The van der Waals surface area contributed by atoms with Crippen LogP contribution in [0.5, 0.6) is 5.75 Å². The highest BCUT2D eigenvalue weighted by atomic mass is 79.9. The van der Waals surface area contributed by atoms with Gasteiger partial charge in [-0.2, -0.15) is 0 Å². The summed E-state index contributed by atoms with van der Waals surface area (Å²) in [4.78, 5) is 7.30. The van der Waals surface area contributed by atoms with E-state index in [0.717, 1.165) is 53.7 Å². The van der Waals surface area contributed by atoms with Gasteiger partial charge in [0.15, 0.2) is 0 Å². The third-order valence-corrected chi connectivity index (χ3v) is 6.26. The molecule has 0 saturated carbocycles. The summed E-state index contributed by atoms with van der Waals surface area (Å²) in [5.74, 6) is 0.313. The van der Waals surface area contributed by atoms with Crippen molar-refractivity contribution in [2.45, 2.75) is 26.3 Å². The number of hydrogen-bond donors (Lipinski definition) is 2. The molecule has 0 spiro atoms. The van der Waals surface area contributed by atoms with E-state index in [-0.39, 0.29) is 13.5 Å².